The van der Waals surface area contributed by atoms with E-state index in [0.717, 1.165) is 11.3 Å². The third-order valence-electron chi connectivity index (χ3n) is 6.57. The fourth-order valence-electron chi connectivity index (χ4n) is 4.69. The van der Waals surface area contributed by atoms with E-state index in [9.17, 15) is 19.7 Å². The molecular formula is C30H27N3O9S. The van der Waals surface area contributed by atoms with Crippen molar-refractivity contribution in [2.45, 2.75) is 19.9 Å². The summed E-state index contributed by atoms with van der Waals surface area (Å²) in [6.07, 6.45) is 2.99. The van der Waals surface area contributed by atoms with E-state index in [2.05, 4.69) is 4.99 Å². The van der Waals surface area contributed by atoms with Gasteiger partial charge in [-0.2, -0.15) is 0 Å². The van der Waals surface area contributed by atoms with E-state index in [1.54, 1.807) is 36.4 Å². The third kappa shape index (κ3) is 5.66. The fraction of sp³-hybridized carbons (Fsp3) is 0.233. The largest absolute Gasteiger partial charge is 0.496 e. The Morgan fingerprint density at radius 1 is 1.07 bits per heavy atom. The van der Waals surface area contributed by atoms with Gasteiger partial charge in [0.1, 0.15) is 17.3 Å². The van der Waals surface area contributed by atoms with E-state index in [-0.39, 0.29) is 22.6 Å². The number of carbonyl (C=O) groups is 1. The molecule has 0 spiro atoms. The van der Waals surface area contributed by atoms with Crippen LogP contribution in [0, 0.1) is 10.1 Å². The minimum absolute atomic E-state index is 0.115. The average Bonchev–Trinajstić information content (AvgIpc) is 3.61. The SMILES string of the molecule is CCOc1ccc([C@H]2C(C(=O)OC)=CN=c3s/c(=C\c4ccc(-c5ccc([N+](=O)[O-])cc5OC)o4)c(=O)n32)cc1OCC. The summed E-state index contributed by atoms with van der Waals surface area (Å²) in [7, 11) is 2.68. The Labute approximate surface area is 248 Å². The number of nitro groups is 1. The summed E-state index contributed by atoms with van der Waals surface area (Å²) in [5.74, 6) is 1.44. The molecule has 0 bridgehead atoms. The molecule has 2 aromatic carbocycles. The lowest BCUT2D eigenvalue weighted by Gasteiger charge is -2.23. The molecule has 0 N–H and O–H groups in total. The van der Waals surface area contributed by atoms with Gasteiger partial charge in [0, 0.05) is 18.3 Å². The monoisotopic (exact) mass is 605 g/mol. The highest BCUT2D eigenvalue weighted by atomic mass is 32.1. The van der Waals surface area contributed by atoms with Crippen LogP contribution in [-0.2, 0) is 9.53 Å². The first-order valence-electron chi connectivity index (χ1n) is 13.2. The first-order chi connectivity index (χ1) is 20.8. The number of rotatable bonds is 10. The number of nitrogens with zero attached hydrogens (tertiary/aromatic N) is 3. The summed E-state index contributed by atoms with van der Waals surface area (Å²) in [6, 6.07) is 12.0. The van der Waals surface area contributed by atoms with Gasteiger partial charge in [-0.15, -0.1) is 0 Å². The molecule has 0 saturated carbocycles. The molecule has 1 atom stereocenters. The van der Waals surface area contributed by atoms with Gasteiger partial charge in [0.05, 0.1) is 60.1 Å². The van der Waals surface area contributed by atoms with Gasteiger partial charge in [0.25, 0.3) is 11.2 Å². The van der Waals surface area contributed by atoms with Crippen molar-refractivity contribution in [1.82, 2.24) is 4.57 Å². The summed E-state index contributed by atoms with van der Waals surface area (Å²) >= 11 is 1.14. The van der Waals surface area contributed by atoms with Gasteiger partial charge in [0.2, 0.25) is 0 Å². The minimum Gasteiger partial charge on any atom is -0.496 e. The van der Waals surface area contributed by atoms with Crippen molar-refractivity contribution in [1.29, 1.82) is 0 Å². The summed E-state index contributed by atoms with van der Waals surface area (Å²) in [5.41, 5.74) is 0.795. The molecule has 0 unspecified atom stereocenters. The van der Waals surface area contributed by atoms with Crippen molar-refractivity contribution in [3.8, 4) is 28.6 Å². The Morgan fingerprint density at radius 3 is 2.53 bits per heavy atom. The molecule has 3 heterocycles. The highest BCUT2D eigenvalue weighted by molar-refractivity contribution is 7.07. The van der Waals surface area contributed by atoms with Gasteiger partial charge in [-0.05, 0) is 49.7 Å². The van der Waals surface area contributed by atoms with Crippen LogP contribution >= 0.6 is 11.3 Å². The lowest BCUT2D eigenvalue weighted by atomic mass is 9.97. The van der Waals surface area contributed by atoms with Crippen molar-refractivity contribution >= 4 is 29.1 Å². The van der Waals surface area contributed by atoms with Gasteiger partial charge in [-0.25, -0.2) is 9.79 Å². The van der Waals surface area contributed by atoms with Gasteiger partial charge in [-0.1, -0.05) is 17.4 Å². The second-order valence-electron chi connectivity index (χ2n) is 9.09. The highest BCUT2D eigenvalue weighted by Gasteiger charge is 2.31. The Morgan fingerprint density at radius 2 is 1.84 bits per heavy atom. The topological polar surface area (TPSA) is 145 Å². The first-order valence-corrected chi connectivity index (χ1v) is 14.0. The maximum atomic E-state index is 13.8. The number of esters is 1. The lowest BCUT2D eigenvalue weighted by Crippen LogP contribution is -2.39. The van der Waals surface area contributed by atoms with Crippen LogP contribution in [-0.4, -0.2) is 42.9 Å². The standard InChI is InChI=1S/C30H27N3O9S/c1-5-40-23-11-7-17(13-25(23)41-6-2)27-21(29(35)39-4)16-31-30-32(27)28(34)26(43-30)15-19-9-12-22(42-19)20-10-8-18(33(36)37)14-24(20)38-3/h7-16,27H,5-6H2,1-4H3/b26-15-/t27-/m0/s1. The maximum absolute atomic E-state index is 13.8. The quantitative estimate of drug-likeness (QED) is 0.149. The fourth-order valence-corrected chi connectivity index (χ4v) is 5.64. The molecule has 0 aliphatic carbocycles. The molecule has 0 saturated heterocycles. The third-order valence-corrected chi connectivity index (χ3v) is 7.57. The average molecular weight is 606 g/mol. The number of furan rings is 1. The van der Waals surface area contributed by atoms with Gasteiger partial charge in [0.15, 0.2) is 16.3 Å². The maximum Gasteiger partial charge on any atom is 0.337 e. The number of methoxy groups -OCH3 is 2. The molecule has 2 aromatic heterocycles. The Kier molecular flexibility index (Phi) is 8.44. The number of thiazole rings is 1. The number of aromatic nitrogens is 1. The van der Waals surface area contributed by atoms with Gasteiger partial charge < -0.3 is 23.4 Å². The van der Waals surface area contributed by atoms with E-state index in [0.29, 0.717) is 56.7 Å². The second kappa shape index (κ2) is 12.4. The summed E-state index contributed by atoms with van der Waals surface area (Å²) in [4.78, 5) is 42.1. The van der Waals surface area contributed by atoms with Gasteiger partial charge >= 0.3 is 5.97 Å². The molecule has 1 aliphatic heterocycles. The number of ether oxygens (including phenoxy) is 4. The van der Waals surface area contributed by atoms with Crippen LogP contribution in [0.25, 0.3) is 17.4 Å². The molecule has 43 heavy (non-hydrogen) atoms. The summed E-state index contributed by atoms with van der Waals surface area (Å²) < 4.78 is 29.6. The molecule has 0 amide bonds. The van der Waals surface area contributed by atoms with Crippen molar-refractivity contribution < 1.29 is 33.1 Å². The molecule has 0 fully saturated rings. The first kappa shape index (κ1) is 29.3. The van der Waals surface area contributed by atoms with Crippen molar-refractivity contribution in [3.63, 3.8) is 0 Å². The number of carbonyl (C=O) groups excluding carboxylic acids is 1. The van der Waals surface area contributed by atoms with Crippen LogP contribution in [0.15, 0.2) is 74.5 Å². The number of non-ortho nitro benzene ring substituents is 1. The highest BCUT2D eigenvalue weighted by Crippen LogP contribution is 2.36. The van der Waals surface area contributed by atoms with Crippen LogP contribution in [0.3, 0.4) is 0 Å². The van der Waals surface area contributed by atoms with E-state index in [1.807, 2.05) is 13.8 Å². The van der Waals surface area contributed by atoms with Crippen molar-refractivity contribution in [2.24, 2.45) is 4.99 Å². The molecule has 12 nitrogen and oxygen atoms in total. The zero-order chi connectivity index (χ0) is 30.7. The van der Waals surface area contributed by atoms with Crippen molar-refractivity contribution in [2.75, 3.05) is 27.4 Å². The normalized spacial score (nSPS) is 14.4. The number of nitro benzene ring substituents is 1. The Balaban J connectivity index is 1.59. The van der Waals surface area contributed by atoms with Crippen LogP contribution in [0.2, 0.25) is 0 Å². The zero-order valence-electron chi connectivity index (χ0n) is 23.7. The molecule has 4 aromatic rings. The molecular weight excluding hydrogens is 578 g/mol. The predicted molar refractivity (Wildman–Crippen MR) is 157 cm³/mol. The Bertz CT molecular complexity index is 1920. The van der Waals surface area contributed by atoms with Crippen LogP contribution < -0.4 is 29.1 Å². The number of hydrogen-bond donors (Lipinski definition) is 0. The van der Waals surface area contributed by atoms with Crippen LogP contribution in [0.1, 0.15) is 31.2 Å². The van der Waals surface area contributed by atoms with Gasteiger partial charge in [-0.3, -0.25) is 19.5 Å². The minimum atomic E-state index is -0.836. The lowest BCUT2D eigenvalue weighted by molar-refractivity contribution is -0.384. The van der Waals surface area contributed by atoms with E-state index < -0.39 is 16.9 Å². The molecule has 13 heteroatoms. The summed E-state index contributed by atoms with van der Waals surface area (Å²) in [5, 5.41) is 11.2. The van der Waals surface area contributed by atoms with E-state index >= 15 is 0 Å². The smallest absolute Gasteiger partial charge is 0.337 e. The van der Waals surface area contributed by atoms with E-state index in [4.69, 9.17) is 23.4 Å². The Hall–Kier alpha value is -5.17. The van der Waals surface area contributed by atoms with Crippen molar-refractivity contribution in [3.05, 3.63) is 101 Å². The second-order valence-corrected chi connectivity index (χ2v) is 10.1. The number of fused-ring (bicyclic) bond motifs is 1. The number of benzene rings is 2. The molecule has 1 aliphatic rings. The van der Waals surface area contributed by atoms with E-state index in [1.165, 1.54) is 43.2 Å². The zero-order valence-corrected chi connectivity index (χ0v) is 24.5. The number of hydrogen-bond acceptors (Lipinski definition) is 11. The molecule has 5 rings (SSSR count). The molecule has 0 radical (unpaired) electrons. The summed E-state index contributed by atoms with van der Waals surface area (Å²) in [6.45, 7) is 4.55. The predicted octanol–water partition coefficient (Wildman–Crippen LogP) is 3.99. The molecule has 222 valence electrons. The van der Waals surface area contributed by atoms with Crippen LogP contribution in [0.4, 0.5) is 5.69 Å². The van der Waals surface area contributed by atoms with Crippen LogP contribution in [0.5, 0.6) is 17.2 Å².